The van der Waals surface area contributed by atoms with Crippen molar-refractivity contribution in [3.05, 3.63) is 35.9 Å². The van der Waals surface area contributed by atoms with E-state index in [2.05, 4.69) is 11.8 Å². The topological polar surface area (TPSA) is 27.1 Å². The first-order valence-electron chi connectivity index (χ1n) is 6.73. The van der Waals surface area contributed by atoms with E-state index in [4.69, 9.17) is 5.41 Å². The van der Waals surface area contributed by atoms with E-state index in [1.165, 1.54) is 32.1 Å². The monoisotopic (exact) mass is 230 g/mol. The minimum absolute atomic E-state index is 0.585. The summed E-state index contributed by atoms with van der Waals surface area (Å²) in [5.74, 6) is 0.712. The maximum absolute atomic E-state index is 8.36. The van der Waals surface area contributed by atoms with E-state index >= 15 is 0 Å². The Hall–Kier alpha value is -1.31. The number of benzene rings is 1. The Labute approximate surface area is 104 Å². The molecule has 1 aromatic carbocycles. The normalized spacial score (nSPS) is 20.3. The van der Waals surface area contributed by atoms with Crippen molar-refractivity contribution in [2.45, 2.75) is 45.1 Å². The van der Waals surface area contributed by atoms with Crippen molar-refractivity contribution in [1.29, 1.82) is 5.41 Å². The van der Waals surface area contributed by atoms with Gasteiger partial charge in [0, 0.05) is 18.2 Å². The second kappa shape index (κ2) is 5.85. The molecule has 0 aliphatic carbocycles. The summed E-state index contributed by atoms with van der Waals surface area (Å²) >= 11 is 0. The fourth-order valence-corrected chi connectivity index (χ4v) is 2.69. The number of piperidine rings is 1. The van der Waals surface area contributed by atoms with Crippen molar-refractivity contribution >= 4 is 5.84 Å². The predicted molar refractivity (Wildman–Crippen MR) is 72.5 cm³/mol. The number of hydrogen-bond acceptors (Lipinski definition) is 1. The number of hydrogen-bond donors (Lipinski definition) is 1. The Morgan fingerprint density at radius 3 is 2.76 bits per heavy atom. The summed E-state index contributed by atoms with van der Waals surface area (Å²) in [5.41, 5.74) is 1.05. The Balaban J connectivity index is 2.11. The molecule has 1 fully saturated rings. The highest BCUT2D eigenvalue weighted by Crippen LogP contribution is 2.22. The first-order chi connectivity index (χ1) is 8.33. The molecule has 0 radical (unpaired) electrons. The highest BCUT2D eigenvalue weighted by atomic mass is 15.2. The zero-order valence-electron chi connectivity index (χ0n) is 10.7. The Morgan fingerprint density at radius 2 is 2.06 bits per heavy atom. The number of amidine groups is 1. The third-order valence-corrected chi connectivity index (χ3v) is 3.58. The lowest BCUT2D eigenvalue weighted by atomic mass is 9.97. The summed E-state index contributed by atoms with van der Waals surface area (Å²) < 4.78 is 0. The first kappa shape index (κ1) is 12.2. The molecule has 1 N–H and O–H groups in total. The average Bonchev–Trinajstić information content (AvgIpc) is 2.40. The third-order valence-electron chi connectivity index (χ3n) is 3.58. The number of rotatable bonds is 3. The summed E-state index contributed by atoms with van der Waals surface area (Å²) in [6.07, 6.45) is 6.24. The molecular formula is C15H22N2. The molecular weight excluding hydrogens is 208 g/mol. The van der Waals surface area contributed by atoms with Gasteiger partial charge in [-0.05, 0) is 25.7 Å². The molecule has 92 valence electrons. The van der Waals surface area contributed by atoms with Gasteiger partial charge in [0.15, 0.2) is 0 Å². The minimum Gasteiger partial charge on any atom is -0.354 e. The SMILES string of the molecule is CCCC1CCCCN1C(=N)c1ccccc1. The molecule has 2 heteroatoms. The molecule has 0 spiro atoms. The van der Waals surface area contributed by atoms with Gasteiger partial charge in [0.25, 0.3) is 0 Å². The van der Waals surface area contributed by atoms with Gasteiger partial charge in [0.2, 0.25) is 0 Å². The van der Waals surface area contributed by atoms with Gasteiger partial charge in [-0.25, -0.2) is 0 Å². The lowest BCUT2D eigenvalue weighted by molar-refractivity contribution is 0.228. The van der Waals surface area contributed by atoms with Crippen LogP contribution in [-0.2, 0) is 0 Å². The van der Waals surface area contributed by atoms with Crippen molar-refractivity contribution in [1.82, 2.24) is 4.90 Å². The molecule has 1 saturated heterocycles. The molecule has 2 nitrogen and oxygen atoms in total. The van der Waals surface area contributed by atoms with E-state index in [0.29, 0.717) is 11.9 Å². The number of nitrogens with one attached hydrogen (secondary N) is 1. The zero-order chi connectivity index (χ0) is 12.1. The van der Waals surface area contributed by atoms with Crippen LogP contribution in [-0.4, -0.2) is 23.3 Å². The molecule has 1 aliphatic heterocycles. The van der Waals surface area contributed by atoms with Crippen molar-refractivity contribution in [2.24, 2.45) is 0 Å². The van der Waals surface area contributed by atoms with E-state index in [-0.39, 0.29) is 0 Å². The van der Waals surface area contributed by atoms with Gasteiger partial charge in [-0.1, -0.05) is 43.7 Å². The lowest BCUT2D eigenvalue weighted by Gasteiger charge is -2.37. The summed E-state index contributed by atoms with van der Waals surface area (Å²) in [4.78, 5) is 2.31. The summed E-state index contributed by atoms with van der Waals surface area (Å²) in [5, 5.41) is 8.36. The highest BCUT2D eigenvalue weighted by molar-refractivity contribution is 5.96. The number of nitrogens with zero attached hydrogens (tertiary/aromatic N) is 1. The lowest BCUT2D eigenvalue weighted by Crippen LogP contribution is -2.43. The van der Waals surface area contributed by atoms with E-state index in [1.54, 1.807) is 0 Å². The number of likely N-dealkylation sites (tertiary alicyclic amines) is 1. The van der Waals surface area contributed by atoms with Crippen LogP contribution < -0.4 is 0 Å². The molecule has 1 aromatic rings. The van der Waals surface area contributed by atoms with Crippen LogP contribution in [0.1, 0.15) is 44.6 Å². The van der Waals surface area contributed by atoms with E-state index in [1.807, 2.05) is 30.3 Å². The molecule has 0 amide bonds. The van der Waals surface area contributed by atoms with Gasteiger partial charge in [-0.3, -0.25) is 5.41 Å². The van der Waals surface area contributed by atoms with Gasteiger partial charge in [-0.2, -0.15) is 0 Å². The third kappa shape index (κ3) is 2.87. The zero-order valence-corrected chi connectivity index (χ0v) is 10.7. The Bertz CT molecular complexity index is 356. The molecule has 17 heavy (non-hydrogen) atoms. The van der Waals surface area contributed by atoms with Crippen LogP contribution in [0.25, 0.3) is 0 Å². The standard InChI is InChI=1S/C15H22N2/c1-2-8-14-11-6-7-12-17(14)15(16)13-9-4-3-5-10-13/h3-5,9-10,14,16H,2,6-8,11-12H2,1H3. The van der Waals surface area contributed by atoms with Crippen LogP contribution >= 0.6 is 0 Å². The van der Waals surface area contributed by atoms with Gasteiger partial charge in [0.05, 0.1) is 0 Å². The molecule has 2 rings (SSSR count). The van der Waals surface area contributed by atoms with Crippen LogP contribution in [0.15, 0.2) is 30.3 Å². The van der Waals surface area contributed by atoms with E-state index in [9.17, 15) is 0 Å². The van der Waals surface area contributed by atoms with Gasteiger partial charge >= 0.3 is 0 Å². The maximum atomic E-state index is 8.36. The predicted octanol–water partition coefficient (Wildman–Crippen LogP) is 3.67. The van der Waals surface area contributed by atoms with Crippen LogP contribution in [0.2, 0.25) is 0 Å². The fourth-order valence-electron chi connectivity index (χ4n) is 2.69. The van der Waals surface area contributed by atoms with Gasteiger partial charge in [0.1, 0.15) is 5.84 Å². The van der Waals surface area contributed by atoms with Gasteiger partial charge in [-0.15, -0.1) is 0 Å². The maximum Gasteiger partial charge on any atom is 0.128 e. The largest absolute Gasteiger partial charge is 0.354 e. The van der Waals surface area contributed by atoms with Crippen molar-refractivity contribution in [3.8, 4) is 0 Å². The second-order valence-corrected chi connectivity index (χ2v) is 4.85. The second-order valence-electron chi connectivity index (χ2n) is 4.85. The quantitative estimate of drug-likeness (QED) is 0.622. The Kier molecular flexibility index (Phi) is 4.18. The van der Waals surface area contributed by atoms with Crippen LogP contribution in [0.4, 0.5) is 0 Å². The summed E-state index contributed by atoms with van der Waals surface area (Å²) in [7, 11) is 0. The molecule has 0 bridgehead atoms. The van der Waals surface area contributed by atoms with E-state index in [0.717, 1.165) is 12.1 Å². The Morgan fingerprint density at radius 1 is 1.29 bits per heavy atom. The molecule has 1 heterocycles. The summed E-state index contributed by atoms with van der Waals surface area (Å²) in [6.45, 7) is 3.29. The first-order valence-corrected chi connectivity index (χ1v) is 6.73. The molecule has 1 unspecified atom stereocenters. The molecule has 0 aromatic heterocycles. The van der Waals surface area contributed by atoms with E-state index < -0.39 is 0 Å². The van der Waals surface area contributed by atoms with Crippen molar-refractivity contribution in [3.63, 3.8) is 0 Å². The molecule has 1 aliphatic rings. The van der Waals surface area contributed by atoms with Crippen LogP contribution in [0.3, 0.4) is 0 Å². The van der Waals surface area contributed by atoms with Crippen LogP contribution in [0.5, 0.6) is 0 Å². The molecule has 0 saturated carbocycles. The summed E-state index contributed by atoms with van der Waals surface area (Å²) in [6, 6.07) is 10.7. The van der Waals surface area contributed by atoms with Gasteiger partial charge < -0.3 is 4.90 Å². The fraction of sp³-hybridized carbons (Fsp3) is 0.533. The van der Waals surface area contributed by atoms with Crippen LogP contribution in [0, 0.1) is 5.41 Å². The van der Waals surface area contributed by atoms with Crippen molar-refractivity contribution < 1.29 is 0 Å². The highest BCUT2D eigenvalue weighted by Gasteiger charge is 2.24. The smallest absolute Gasteiger partial charge is 0.128 e. The van der Waals surface area contributed by atoms with Crippen molar-refractivity contribution in [2.75, 3.05) is 6.54 Å². The minimum atomic E-state index is 0.585. The average molecular weight is 230 g/mol. The molecule has 1 atom stereocenters.